The van der Waals surface area contributed by atoms with Gasteiger partial charge in [0.25, 0.3) is 0 Å². The summed E-state index contributed by atoms with van der Waals surface area (Å²) < 4.78 is 5.87. The second-order valence-corrected chi connectivity index (χ2v) is 7.20. The number of unbranched alkanes of at least 4 members (excludes halogenated alkanes) is 7. The molecular formula is C22H34O5. The van der Waals surface area contributed by atoms with Crippen LogP contribution in [0.3, 0.4) is 0 Å². The van der Waals surface area contributed by atoms with Crippen LogP contribution in [0.2, 0.25) is 0 Å². The fraction of sp³-hybridized carbons (Fsp3) is 0.636. The van der Waals surface area contributed by atoms with E-state index in [9.17, 15) is 19.8 Å². The number of carbonyl (C=O) groups is 2. The molecule has 0 saturated heterocycles. The fourth-order valence-electron chi connectivity index (χ4n) is 3.20. The lowest BCUT2D eigenvalue weighted by Crippen LogP contribution is -2.17. The summed E-state index contributed by atoms with van der Waals surface area (Å²) in [5, 5.41) is 18.8. The van der Waals surface area contributed by atoms with Crippen molar-refractivity contribution >= 4 is 11.9 Å². The van der Waals surface area contributed by atoms with Crippen LogP contribution in [-0.2, 0) is 9.59 Å². The number of hydrogen-bond acceptors (Lipinski definition) is 3. The highest BCUT2D eigenvalue weighted by molar-refractivity contribution is 5.81. The van der Waals surface area contributed by atoms with Crippen molar-refractivity contribution in [2.75, 3.05) is 6.61 Å². The molecule has 1 aromatic carbocycles. The Morgan fingerprint density at radius 2 is 1.44 bits per heavy atom. The van der Waals surface area contributed by atoms with Gasteiger partial charge in [0.2, 0.25) is 0 Å². The average Bonchev–Trinajstić information content (AvgIpc) is 2.65. The number of carboxylic acid groups (broad SMARTS) is 2. The van der Waals surface area contributed by atoms with E-state index in [2.05, 4.69) is 6.92 Å². The molecule has 1 aromatic rings. The molecule has 2 unspecified atom stereocenters. The minimum absolute atomic E-state index is 0.472. The van der Waals surface area contributed by atoms with Crippen molar-refractivity contribution in [2.45, 2.75) is 84.0 Å². The lowest BCUT2D eigenvalue weighted by molar-refractivity contribution is -0.140. The van der Waals surface area contributed by atoms with E-state index in [1.54, 1.807) is 32.0 Å². The summed E-state index contributed by atoms with van der Waals surface area (Å²) in [6.07, 6.45) is 9.56. The van der Waals surface area contributed by atoms with Gasteiger partial charge in [-0.3, -0.25) is 9.59 Å². The SMILES string of the molecule is CCCCCCCCCCOc1cccc(C(C)C(=O)O)c1C(C)C(=O)O. The Bertz CT molecular complexity index is 596. The quantitative estimate of drug-likeness (QED) is 0.413. The van der Waals surface area contributed by atoms with Gasteiger partial charge in [0.15, 0.2) is 0 Å². The summed E-state index contributed by atoms with van der Waals surface area (Å²) >= 11 is 0. The van der Waals surface area contributed by atoms with Crippen molar-refractivity contribution in [2.24, 2.45) is 0 Å². The van der Waals surface area contributed by atoms with Crippen LogP contribution in [0.15, 0.2) is 18.2 Å². The maximum absolute atomic E-state index is 11.5. The van der Waals surface area contributed by atoms with Gasteiger partial charge >= 0.3 is 11.9 Å². The maximum atomic E-state index is 11.5. The summed E-state index contributed by atoms with van der Waals surface area (Å²) in [6.45, 7) is 5.86. The molecule has 5 nitrogen and oxygen atoms in total. The Balaban J connectivity index is 2.67. The summed E-state index contributed by atoms with van der Waals surface area (Å²) in [4.78, 5) is 22.9. The molecule has 0 amide bonds. The number of hydrogen-bond donors (Lipinski definition) is 2. The van der Waals surface area contributed by atoms with Crippen molar-refractivity contribution < 1.29 is 24.5 Å². The van der Waals surface area contributed by atoms with E-state index in [1.807, 2.05) is 0 Å². The second kappa shape index (κ2) is 12.4. The minimum atomic E-state index is -0.989. The zero-order chi connectivity index (χ0) is 20.2. The molecule has 152 valence electrons. The van der Waals surface area contributed by atoms with Gasteiger partial charge in [-0.15, -0.1) is 0 Å². The largest absolute Gasteiger partial charge is 0.493 e. The summed E-state index contributed by atoms with van der Waals surface area (Å²) in [5.41, 5.74) is 0.977. The molecular weight excluding hydrogens is 344 g/mol. The van der Waals surface area contributed by atoms with Crippen LogP contribution < -0.4 is 4.74 Å². The molecule has 0 aliphatic heterocycles. The fourth-order valence-corrected chi connectivity index (χ4v) is 3.20. The predicted octanol–water partition coefficient (Wildman–Crippen LogP) is 5.58. The predicted molar refractivity (Wildman–Crippen MR) is 107 cm³/mol. The number of carboxylic acids is 2. The van der Waals surface area contributed by atoms with Crippen LogP contribution >= 0.6 is 0 Å². The summed E-state index contributed by atoms with van der Waals surface area (Å²) in [6, 6.07) is 5.14. The van der Waals surface area contributed by atoms with E-state index in [-0.39, 0.29) is 0 Å². The summed E-state index contributed by atoms with van der Waals surface area (Å²) in [5.74, 6) is -3.09. The monoisotopic (exact) mass is 378 g/mol. The first kappa shape index (κ1) is 23.0. The zero-order valence-corrected chi connectivity index (χ0v) is 16.9. The van der Waals surface area contributed by atoms with Crippen LogP contribution in [0, 0.1) is 0 Å². The van der Waals surface area contributed by atoms with Gasteiger partial charge in [0.05, 0.1) is 18.4 Å². The number of rotatable bonds is 14. The molecule has 0 radical (unpaired) electrons. The van der Waals surface area contributed by atoms with Crippen molar-refractivity contribution in [3.8, 4) is 5.75 Å². The van der Waals surface area contributed by atoms with Gasteiger partial charge < -0.3 is 14.9 Å². The third-order valence-electron chi connectivity index (χ3n) is 5.00. The van der Waals surface area contributed by atoms with Crippen LogP contribution in [-0.4, -0.2) is 28.8 Å². The van der Waals surface area contributed by atoms with Crippen LogP contribution in [0.25, 0.3) is 0 Å². The number of benzene rings is 1. The normalized spacial score (nSPS) is 13.1. The highest BCUT2D eigenvalue weighted by atomic mass is 16.5. The van der Waals surface area contributed by atoms with Gasteiger partial charge in [-0.05, 0) is 31.9 Å². The molecule has 0 aromatic heterocycles. The molecule has 0 aliphatic carbocycles. The lowest BCUT2D eigenvalue weighted by Gasteiger charge is -2.20. The molecule has 2 atom stereocenters. The van der Waals surface area contributed by atoms with E-state index in [1.165, 1.54) is 38.5 Å². The summed E-state index contributed by atoms with van der Waals surface area (Å²) in [7, 11) is 0. The van der Waals surface area contributed by atoms with Crippen LogP contribution in [0.1, 0.15) is 95.1 Å². The molecule has 27 heavy (non-hydrogen) atoms. The Hall–Kier alpha value is -2.04. The molecule has 0 heterocycles. The van der Waals surface area contributed by atoms with E-state index < -0.39 is 23.8 Å². The van der Waals surface area contributed by atoms with Crippen molar-refractivity contribution in [1.82, 2.24) is 0 Å². The van der Waals surface area contributed by atoms with E-state index >= 15 is 0 Å². The van der Waals surface area contributed by atoms with E-state index in [4.69, 9.17) is 4.74 Å². The third kappa shape index (κ3) is 7.61. The van der Waals surface area contributed by atoms with Crippen molar-refractivity contribution in [3.63, 3.8) is 0 Å². The first-order chi connectivity index (χ1) is 12.9. The van der Waals surface area contributed by atoms with Crippen LogP contribution in [0.5, 0.6) is 5.75 Å². The van der Waals surface area contributed by atoms with Gasteiger partial charge in [-0.25, -0.2) is 0 Å². The number of ether oxygens (including phenoxy) is 1. The van der Waals surface area contributed by atoms with Crippen molar-refractivity contribution in [1.29, 1.82) is 0 Å². The first-order valence-electron chi connectivity index (χ1n) is 10.1. The van der Waals surface area contributed by atoms with Crippen molar-refractivity contribution in [3.05, 3.63) is 29.3 Å². The minimum Gasteiger partial charge on any atom is -0.493 e. The maximum Gasteiger partial charge on any atom is 0.310 e. The Morgan fingerprint density at radius 1 is 0.889 bits per heavy atom. The standard InChI is InChI=1S/C22H34O5/c1-4-5-6-7-8-9-10-11-15-27-19-14-12-13-18(16(2)21(23)24)20(19)17(3)22(25)26/h12-14,16-17H,4-11,15H2,1-3H3,(H,23,24)(H,25,26). The smallest absolute Gasteiger partial charge is 0.310 e. The molecule has 0 saturated carbocycles. The van der Waals surface area contributed by atoms with Crippen LogP contribution in [0.4, 0.5) is 0 Å². The highest BCUT2D eigenvalue weighted by Gasteiger charge is 2.27. The first-order valence-corrected chi connectivity index (χ1v) is 10.1. The Kier molecular flexibility index (Phi) is 10.5. The Labute approximate surface area is 162 Å². The second-order valence-electron chi connectivity index (χ2n) is 7.20. The lowest BCUT2D eigenvalue weighted by atomic mass is 9.88. The molecule has 0 bridgehead atoms. The van der Waals surface area contributed by atoms with Gasteiger partial charge in [0, 0.05) is 5.56 Å². The van der Waals surface area contributed by atoms with E-state index in [0.717, 1.165) is 12.8 Å². The molecule has 0 fully saturated rings. The van der Waals surface area contributed by atoms with E-state index in [0.29, 0.717) is 23.5 Å². The van der Waals surface area contributed by atoms with Gasteiger partial charge in [-0.1, -0.05) is 64.0 Å². The molecule has 0 aliphatic rings. The highest BCUT2D eigenvalue weighted by Crippen LogP contribution is 2.35. The Morgan fingerprint density at radius 3 is 2.00 bits per heavy atom. The molecule has 1 rings (SSSR count). The average molecular weight is 379 g/mol. The number of aliphatic carboxylic acids is 2. The van der Waals surface area contributed by atoms with Gasteiger partial charge in [-0.2, -0.15) is 0 Å². The molecule has 2 N–H and O–H groups in total. The third-order valence-corrected chi connectivity index (χ3v) is 5.00. The van der Waals surface area contributed by atoms with Gasteiger partial charge in [0.1, 0.15) is 5.75 Å². The topological polar surface area (TPSA) is 83.8 Å². The molecule has 5 heteroatoms. The zero-order valence-electron chi connectivity index (χ0n) is 16.9. The molecule has 0 spiro atoms.